The maximum absolute atomic E-state index is 13.2. The van der Waals surface area contributed by atoms with Crippen LogP contribution in [-0.4, -0.2) is 47.0 Å². The zero-order chi connectivity index (χ0) is 24.3. The number of nitrogens with zero attached hydrogens (tertiary/aromatic N) is 3. The number of aromatic nitrogens is 2. The van der Waals surface area contributed by atoms with Crippen molar-refractivity contribution >= 4 is 22.2 Å². The van der Waals surface area contributed by atoms with Crippen molar-refractivity contribution in [2.45, 2.75) is 12.6 Å². The molecule has 2 heterocycles. The first-order chi connectivity index (χ1) is 16.3. The number of rotatable bonds is 8. The number of carbonyl (C=O) groups is 1. The third-order valence-corrected chi connectivity index (χ3v) is 6.26. The van der Waals surface area contributed by atoms with E-state index in [9.17, 15) is 22.4 Å². The quantitative estimate of drug-likeness (QED) is 0.304. The lowest BCUT2D eigenvalue weighted by Gasteiger charge is -2.22. The molecule has 0 atom stereocenters. The fourth-order valence-corrected chi connectivity index (χ4v) is 4.43. The van der Waals surface area contributed by atoms with Gasteiger partial charge in [0.15, 0.2) is 4.96 Å². The summed E-state index contributed by atoms with van der Waals surface area (Å²) in [5, 5.41) is 1.95. The second kappa shape index (κ2) is 9.94. The summed E-state index contributed by atoms with van der Waals surface area (Å²) in [5.41, 5.74) is 1.82. The molecule has 1 amide bonds. The molecule has 2 aromatic carbocycles. The topological polar surface area (TPSA) is 46.8 Å². The number of hydrogen-bond acceptors (Lipinski definition) is 4. The number of alkyl halides is 3. The molecule has 2 aromatic heterocycles. The Kier molecular flexibility index (Phi) is 6.99. The van der Waals surface area contributed by atoms with E-state index in [1.54, 1.807) is 17.0 Å². The number of imidazole rings is 1. The maximum atomic E-state index is 13.2. The van der Waals surface area contributed by atoms with E-state index in [2.05, 4.69) is 4.98 Å². The van der Waals surface area contributed by atoms with Crippen LogP contribution in [0, 0.1) is 5.82 Å². The molecular formula is C24H21F4N3O2S. The van der Waals surface area contributed by atoms with Crippen LogP contribution < -0.4 is 0 Å². The van der Waals surface area contributed by atoms with Crippen molar-refractivity contribution in [2.24, 2.45) is 0 Å². The molecule has 0 aliphatic heterocycles. The molecule has 0 radical (unpaired) electrons. The van der Waals surface area contributed by atoms with E-state index < -0.39 is 11.7 Å². The van der Waals surface area contributed by atoms with Gasteiger partial charge in [-0.3, -0.25) is 9.20 Å². The van der Waals surface area contributed by atoms with Crippen LogP contribution in [0.4, 0.5) is 17.6 Å². The molecule has 0 fully saturated rings. The molecule has 34 heavy (non-hydrogen) atoms. The Hall–Kier alpha value is -3.24. The average molecular weight is 492 g/mol. The van der Waals surface area contributed by atoms with Gasteiger partial charge in [-0.05, 0) is 48.5 Å². The number of carbonyl (C=O) groups excluding carboxylic acids is 1. The smallest absolute Gasteiger partial charge is 0.383 e. The highest BCUT2D eigenvalue weighted by Gasteiger charge is 2.30. The summed E-state index contributed by atoms with van der Waals surface area (Å²) in [4.78, 5) is 19.9. The Morgan fingerprint density at radius 1 is 1.09 bits per heavy atom. The van der Waals surface area contributed by atoms with Gasteiger partial charge in [0.1, 0.15) is 5.82 Å². The second-order valence-corrected chi connectivity index (χ2v) is 8.46. The zero-order valence-electron chi connectivity index (χ0n) is 18.2. The van der Waals surface area contributed by atoms with Crippen molar-refractivity contribution in [3.05, 3.63) is 82.7 Å². The van der Waals surface area contributed by atoms with E-state index in [-0.39, 0.29) is 17.3 Å². The molecule has 0 saturated carbocycles. The number of fused-ring (bicyclic) bond motifs is 1. The number of benzene rings is 2. The monoisotopic (exact) mass is 491 g/mol. The van der Waals surface area contributed by atoms with Gasteiger partial charge in [0, 0.05) is 55.0 Å². The predicted molar refractivity (Wildman–Crippen MR) is 121 cm³/mol. The molecule has 178 valence electrons. The van der Waals surface area contributed by atoms with Crippen molar-refractivity contribution in [2.75, 3.05) is 26.8 Å². The molecule has 0 aliphatic rings. The van der Waals surface area contributed by atoms with Crippen LogP contribution in [0.2, 0.25) is 0 Å². The Balaban J connectivity index is 1.50. The maximum Gasteiger partial charge on any atom is 0.416 e. The predicted octanol–water partition coefficient (Wildman–Crippen LogP) is 5.55. The summed E-state index contributed by atoms with van der Waals surface area (Å²) in [5.74, 6) is -0.686. The van der Waals surface area contributed by atoms with E-state index in [1.165, 1.54) is 42.7 Å². The minimum absolute atomic E-state index is 0.181. The molecule has 4 aromatic rings. The molecule has 0 unspecified atom stereocenters. The van der Waals surface area contributed by atoms with Crippen LogP contribution in [-0.2, 0) is 17.3 Å². The van der Waals surface area contributed by atoms with Gasteiger partial charge in [0.05, 0.1) is 17.9 Å². The van der Waals surface area contributed by atoms with E-state index in [0.717, 1.165) is 28.4 Å². The van der Waals surface area contributed by atoms with Gasteiger partial charge in [-0.15, -0.1) is 11.3 Å². The first-order valence-corrected chi connectivity index (χ1v) is 11.3. The molecule has 0 spiro atoms. The van der Waals surface area contributed by atoms with Crippen LogP contribution in [0.5, 0.6) is 0 Å². The fourth-order valence-electron chi connectivity index (χ4n) is 3.52. The van der Waals surface area contributed by atoms with Crippen molar-refractivity contribution < 1.29 is 27.1 Å². The lowest BCUT2D eigenvalue weighted by atomic mass is 10.1. The first-order valence-electron chi connectivity index (χ1n) is 10.4. The molecule has 4 rings (SSSR count). The normalized spacial score (nSPS) is 11.8. The molecule has 0 N–H and O–H groups in total. The number of amides is 1. The number of halogens is 4. The largest absolute Gasteiger partial charge is 0.416 e. The third kappa shape index (κ3) is 5.28. The third-order valence-electron chi connectivity index (χ3n) is 5.37. The number of ether oxygens (including phenoxy) is 1. The highest BCUT2D eigenvalue weighted by molar-refractivity contribution is 7.15. The number of thiazole rings is 1. The van der Waals surface area contributed by atoms with Gasteiger partial charge in [0.25, 0.3) is 5.91 Å². The second-order valence-electron chi connectivity index (χ2n) is 7.62. The Labute approximate surface area is 197 Å². The summed E-state index contributed by atoms with van der Waals surface area (Å²) < 4.78 is 58.8. The summed E-state index contributed by atoms with van der Waals surface area (Å²) in [6, 6.07) is 10.3. The van der Waals surface area contributed by atoms with Gasteiger partial charge in [-0.2, -0.15) is 13.2 Å². The molecule has 10 heteroatoms. The van der Waals surface area contributed by atoms with Crippen LogP contribution >= 0.6 is 11.3 Å². The molecule has 0 aliphatic carbocycles. The molecular weight excluding hydrogens is 470 g/mol. The van der Waals surface area contributed by atoms with Crippen molar-refractivity contribution in [1.29, 1.82) is 0 Å². The zero-order valence-corrected chi connectivity index (χ0v) is 19.0. The van der Waals surface area contributed by atoms with Crippen LogP contribution in [0.15, 0.2) is 60.1 Å². The summed E-state index contributed by atoms with van der Waals surface area (Å²) in [7, 11) is 1.52. The van der Waals surface area contributed by atoms with E-state index in [4.69, 9.17) is 4.74 Å². The van der Waals surface area contributed by atoms with Crippen LogP contribution in [0.1, 0.15) is 21.6 Å². The van der Waals surface area contributed by atoms with E-state index >= 15 is 0 Å². The fraction of sp³-hybridized carbons (Fsp3) is 0.250. The summed E-state index contributed by atoms with van der Waals surface area (Å²) in [6.45, 7) is 0.943. The van der Waals surface area contributed by atoms with Gasteiger partial charge in [-0.1, -0.05) is 0 Å². The van der Waals surface area contributed by atoms with Gasteiger partial charge >= 0.3 is 6.18 Å². The van der Waals surface area contributed by atoms with E-state index in [1.807, 2.05) is 16.0 Å². The first kappa shape index (κ1) is 23.9. The highest BCUT2D eigenvalue weighted by Crippen LogP contribution is 2.29. The van der Waals surface area contributed by atoms with Gasteiger partial charge in [0.2, 0.25) is 0 Å². The SMILES string of the molecule is COCCN(CCc1csc2nc(-c3ccc(F)cc3)cn12)C(=O)c1ccc(C(F)(F)F)cc1. The standard InChI is InChI=1S/C24H21F4N3O2S/c1-33-13-12-30(22(32)17-2-6-18(7-3-17)24(26,27)28)11-10-20-15-34-23-29-21(14-31(20)23)16-4-8-19(25)9-5-16/h2-9,14-15H,10-13H2,1H3. The van der Waals surface area contributed by atoms with Crippen molar-refractivity contribution in [1.82, 2.24) is 14.3 Å². The average Bonchev–Trinajstić information content (AvgIpc) is 3.40. The van der Waals surface area contributed by atoms with E-state index in [0.29, 0.717) is 31.8 Å². The van der Waals surface area contributed by atoms with Gasteiger partial charge in [-0.25, -0.2) is 9.37 Å². The van der Waals surface area contributed by atoms with Crippen molar-refractivity contribution in [3.63, 3.8) is 0 Å². The summed E-state index contributed by atoms with van der Waals surface area (Å²) >= 11 is 1.45. The molecule has 0 bridgehead atoms. The van der Waals surface area contributed by atoms with Crippen molar-refractivity contribution in [3.8, 4) is 11.3 Å². The molecule has 0 saturated heterocycles. The summed E-state index contributed by atoms with van der Waals surface area (Å²) in [6.07, 6.45) is -2.08. The minimum atomic E-state index is -4.46. The van der Waals surface area contributed by atoms with Crippen LogP contribution in [0.3, 0.4) is 0 Å². The Morgan fingerprint density at radius 3 is 2.44 bits per heavy atom. The lowest BCUT2D eigenvalue weighted by Crippen LogP contribution is -2.35. The van der Waals surface area contributed by atoms with Gasteiger partial charge < -0.3 is 9.64 Å². The minimum Gasteiger partial charge on any atom is -0.383 e. The molecule has 5 nitrogen and oxygen atoms in total. The lowest BCUT2D eigenvalue weighted by molar-refractivity contribution is -0.137. The van der Waals surface area contributed by atoms with Crippen LogP contribution in [0.25, 0.3) is 16.2 Å². The Bertz CT molecular complexity index is 1260. The highest BCUT2D eigenvalue weighted by atomic mass is 32.1. The number of methoxy groups -OCH3 is 1. The Morgan fingerprint density at radius 2 is 1.79 bits per heavy atom. The number of hydrogen-bond donors (Lipinski definition) is 0.